The van der Waals surface area contributed by atoms with Gasteiger partial charge in [-0.2, -0.15) is 0 Å². The predicted octanol–water partition coefficient (Wildman–Crippen LogP) is 3.82. The summed E-state index contributed by atoms with van der Waals surface area (Å²) in [5, 5.41) is 9.83. The number of phenolic OH excluding ortho intramolecular Hbond substituents is 1. The molecule has 0 bridgehead atoms. The Labute approximate surface area is 130 Å². The zero-order chi connectivity index (χ0) is 16.8. The molecule has 0 atom stereocenters. The van der Waals surface area contributed by atoms with E-state index in [1.165, 1.54) is 13.8 Å². The van der Waals surface area contributed by atoms with Crippen molar-refractivity contribution in [2.24, 2.45) is 0 Å². The molecule has 0 saturated carbocycles. The lowest BCUT2D eigenvalue weighted by molar-refractivity contribution is 0.0981. The number of nitrogens with zero attached hydrogens (tertiary/aromatic N) is 1. The Morgan fingerprint density at radius 1 is 0.864 bits per heavy atom. The molecule has 0 amide bonds. The molecule has 2 rings (SSSR count). The van der Waals surface area contributed by atoms with Crippen LogP contribution in [0.1, 0.15) is 57.1 Å². The van der Waals surface area contributed by atoms with Crippen LogP contribution in [0.15, 0.2) is 12.1 Å². The van der Waals surface area contributed by atoms with Gasteiger partial charge in [0.05, 0.1) is 0 Å². The second-order valence-electron chi connectivity index (χ2n) is 5.72. The summed E-state index contributed by atoms with van der Waals surface area (Å²) in [6, 6.07) is 3.45. The quantitative estimate of drug-likeness (QED) is 0.876. The first-order chi connectivity index (χ1) is 10.2. The average Bonchev–Trinajstić information content (AvgIpc) is 2.69. The number of ketones is 2. The molecule has 0 aliphatic heterocycles. The smallest absolute Gasteiger partial charge is 0.162 e. The van der Waals surface area contributed by atoms with Crippen LogP contribution in [-0.2, 0) is 0 Å². The summed E-state index contributed by atoms with van der Waals surface area (Å²) in [5.74, 6) is 0.0118. The van der Waals surface area contributed by atoms with Gasteiger partial charge in [0.15, 0.2) is 11.6 Å². The third-order valence-corrected chi connectivity index (χ3v) is 4.32. The highest BCUT2D eigenvalue weighted by molar-refractivity contribution is 6.09. The van der Waals surface area contributed by atoms with Crippen LogP contribution in [0.4, 0.5) is 0 Å². The number of carbonyl (C=O) groups excluding carboxylic acids is 2. The van der Waals surface area contributed by atoms with Crippen molar-refractivity contribution in [1.29, 1.82) is 0 Å². The van der Waals surface area contributed by atoms with E-state index in [2.05, 4.69) is 0 Å². The largest absolute Gasteiger partial charge is 0.508 e. The highest BCUT2D eigenvalue weighted by Crippen LogP contribution is 2.31. The zero-order valence-electron chi connectivity index (χ0n) is 13.9. The van der Waals surface area contributed by atoms with E-state index in [0.717, 1.165) is 28.2 Å². The number of aromatic nitrogens is 1. The summed E-state index contributed by atoms with van der Waals surface area (Å²) in [5.41, 5.74) is 5.06. The van der Waals surface area contributed by atoms with E-state index >= 15 is 0 Å². The highest BCUT2D eigenvalue weighted by atomic mass is 16.3. The minimum atomic E-state index is -0.113. The third kappa shape index (κ3) is 2.25. The first kappa shape index (κ1) is 16.0. The number of Topliss-reactive ketones (excluding diaryl/α,β-unsaturated/α-hetero) is 2. The molecule has 1 aromatic carbocycles. The van der Waals surface area contributed by atoms with Gasteiger partial charge in [0.1, 0.15) is 5.75 Å². The second kappa shape index (κ2) is 5.44. The van der Waals surface area contributed by atoms with Crippen LogP contribution in [0.2, 0.25) is 0 Å². The van der Waals surface area contributed by atoms with Crippen LogP contribution in [0.5, 0.6) is 5.75 Å². The molecular weight excluding hydrogens is 278 g/mol. The number of aromatic hydroxyl groups is 1. The topological polar surface area (TPSA) is 59.3 Å². The molecule has 116 valence electrons. The summed E-state index contributed by atoms with van der Waals surface area (Å²) in [7, 11) is 0. The average molecular weight is 299 g/mol. The van der Waals surface area contributed by atoms with Gasteiger partial charge in [-0.3, -0.25) is 9.59 Å². The fraction of sp³-hybridized carbons (Fsp3) is 0.333. The van der Waals surface area contributed by atoms with E-state index < -0.39 is 0 Å². The first-order valence-corrected chi connectivity index (χ1v) is 7.21. The first-order valence-electron chi connectivity index (χ1n) is 7.21. The van der Waals surface area contributed by atoms with Gasteiger partial charge >= 0.3 is 0 Å². The molecule has 4 nitrogen and oxygen atoms in total. The zero-order valence-corrected chi connectivity index (χ0v) is 13.9. The Morgan fingerprint density at radius 3 is 1.73 bits per heavy atom. The highest BCUT2D eigenvalue weighted by Gasteiger charge is 2.25. The lowest BCUT2D eigenvalue weighted by atomic mass is 10.0. The molecule has 1 aromatic heterocycles. The molecule has 4 heteroatoms. The van der Waals surface area contributed by atoms with Crippen molar-refractivity contribution >= 4 is 11.6 Å². The van der Waals surface area contributed by atoms with Gasteiger partial charge in [0.2, 0.25) is 0 Å². The maximum Gasteiger partial charge on any atom is 0.162 e. The summed E-state index contributed by atoms with van der Waals surface area (Å²) >= 11 is 0. The van der Waals surface area contributed by atoms with Gasteiger partial charge in [-0.15, -0.1) is 0 Å². The van der Waals surface area contributed by atoms with Crippen LogP contribution < -0.4 is 0 Å². The summed E-state index contributed by atoms with van der Waals surface area (Å²) in [4.78, 5) is 24.0. The Bertz CT molecular complexity index is 760. The van der Waals surface area contributed by atoms with Crippen molar-refractivity contribution in [3.8, 4) is 11.4 Å². The number of hydrogen-bond donors (Lipinski definition) is 1. The second-order valence-corrected chi connectivity index (χ2v) is 5.72. The standard InChI is InChI=1S/C18H21NO3/c1-9-10(2)16(22)8-7-15(9)19-11(3)17(13(5)20)18(12(19)4)14(6)21/h7-8,22H,1-6H3. The van der Waals surface area contributed by atoms with Crippen molar-refractivity contribution in [1.82, 2.24) is 4.57 Å². The minimum Gasteiger partial charge on any atom is -0.508 e. The summed E-state index contributed by atoms with van der Waals surface area (Å²) in [6.07, 6.45) is 0. The molecule has 2 aromatic rings. The van der Waals surface area contributed by atoms with E-state index in [1.807, 2.05) is 38.3 Å². The van der Waals surface area contributed by atoms with Crippen molar-refractivity contribution < 1.29 is 14.7 Å². The Morgan fingerprint density at radius 2 is 1.32 bits per heavy atom. The molecule has 0 saturated heterocycles. The summed E-state index contributed by atoms with van der Waals surface area (Å²) < 4.78 is 1.93. The van der Waals surface area contributed by atoms with Gasteiger partial charge in [-0.1, -0.05) is 0 Å². The summed E-state index contributed by atoms with van der Waals surface area (Å²) in [6.45, 7) is 10.4. The van der Waals surface area contributed by atoms with E-state index in [-0.39, 0.29) is 17.3 Å². The van der Waals surface area contributed by atoms with Gasteiger partial charge < -0.3 is 9.67 Å². The molecular formula is C18H21NO3. The molecule has 0 unspecified atom stereocenters. The van der Waals surface area contributed by atoms with E-state index in [1.54, 1.807) is 6.07 Å². The molecule has 0 aliphatic carbocycles. The van der Waals surface area contributed by atoms with Gasteiger partial charge in [-0.05, 0) is 64.8 Å². The van der Waals surface area contributed by atoms with E-state index in [0.29, 0.717) is 11.1 Å². The Kier molecular flexibility index (Phi) is 3.96. The third-order valence-electron chi connectivity index (χ3n) is 4.32. The Hall–Kier alpha value is -2.36. The number of benzene rings is 1. The monoisotopic (exact) mass is 299 g/mol. The van der Waals surface area contributed by atoms with Crippen LogP contribution >= 0.6 is 0 Å². The van der Waals surface area contributed by atoms with Crippen molar-refractivity contribution in [3.05, 3.63) is 45.8 Å². The SMILES string of the molecule is CC(=O)c1c(C(C)=O)c(C)n(-c2ccc(O)c(C)c2C)c1C. The number of carbonyl (C=O) groups is 2. The van der Waals surface area contributed by atoms with E-state index in [9.17, 15) is 14.7 Å². The molecule has 0 fully saturated rings. The molecule has 1 N–H and O–H groups in total. The van der Waals surface area contributed by atoms with Crippen LogP contribution in [0.25, 0.3) is 5.69 Å². The van der Waals surface area contributed by atoms with Crippen molar-refractivity contribution in [2.75, 3.05) is 0 Å². The molecule has 0 spiro atoms. The Balaban J connectivity index is 2.89. The number of hydrogen-bond acceptors (Lipinski definition) is 3. The van der Waals surface area contributed by atoms with Crippen LogP contribution in [0.3, 0.4) is 0 Å². The fourth-order valence-corrected chi connectivity index (χ4v) is 3.09. The maximum absolute atomic E-state index is 12.0. The van der Waals surface area contributed by atoms with Crippen molar-refractivity contribution in [3.63, 3.8) is 0 Å². The van der Waals surface area contributed by atoms with Crippen LogP contribution in [-0.4, -0.2) is 21.2 Å². The van der Waals surface area contributed by atoms with Gasteiger partial charge in [0.25, 0.3) is 0 Å². The molecule has 1 heterocycles. The minimum absolute atomic E-state index is 0.113. The maximum atomic E-state index is 12.0. The van der Waals surface area contributed by atoms with Gasteiger partial charge in [0, 0.05) is 28.2 Å². The molecule has 0 aliphatic rings. The molecule has 0 radical (unpaired) electrons. The van der Waals surface area contributed by atoms with Crippen LogP contribution in [0, 0.1) is 27.7 Å². The lowest BCUT2D eigenvalue weighted by Crippen LogP contribution is -2.04. The van der Waals surface area contributed by atoms with E-state index in [4.69, 9.17) is 0 Å². The van der Waals surface area contributed by atoms with Crippen molar-refractivity contribution in [2.45, 2.75) is 41.5 Å². The number of rotatable bonds is 3. The lowest BCUT2D eigenvalue weighted by Gasteiger charge is -2.15. The molecule has 22 heavy (non-hydrogen) atoms. The normalized spacial score (nSPS) is 10.8. The van der Waals surface area contributed by atoms with Gasteiger partial charge in [-0.25, -0.2) is 0 Å². The number of phenols is 1. The fourth-order valence-electron chi connectivity index (χ4n) is 3.09. The predicted molar refractivity (Wildman–Crippen MR) is 86.4 cm³/mol.